The summed E-state index contributed by atoms with van der Waals surface area (Å²) in [6, 6.07) is 5.89. The molecule has 0 saturated heterocycles. The summed E-state index contributed by atoms with van der Waals surface area (Å²) < 4.78 is 1.65. The van der Waals surface area contributed by atoms with E-state index in [1.807, 2.05) is 18.2 Å². The number of aromatic nitrogens is 4. The third-order valence-electron chi connectivity index (χ3n) is 2.25. The zero-order valence-corrected chi connectivity index (χ0v) is 10.4. The van der Waals surface area contributed by atoms with Crippen LogP contribution in [0, 0.1) is 0 Å². The highest BCUT2D eigenvalue weighted by molar-refractivity contribution is 5.22. The molecule has 0 amide bonds. The monoisotopic (exact) mass is 231 g/mol. The number of pyridine rings is 1. The summed E-state index contributed by atoms with van der Waals surface area (Å²) in [5, 5.41) is 7.46. The molecule has 0 unspecified atom stereocenters. The first-order chi connectivity index (χ1) is 8.04. The molecular formula is C12H17N5. The maximum absolute atomic E-state index is 4.52. The molecule has 2 aromatic heterocycles. The highest BCUT2D eigenvalue weighted by Crippen LogP contribution is 2.06. The predicted octanol–water partition coefficient (Wildman–Crippen LogP) is 1.55. The van der Waals surface area contributed by atoms with E-state index in [2.05, 4.69) is 41.2 Å². The minimum atomic E-state index is 0.0882. The van der Waals surface area contributed by atoms with Crippen molar-refractivity contribution < 1.29 is 0 Å². The molecule has 0 bridgehead atoms. The molecule has 5 heteroatoms. The Morgan fingerprint density at radius 2 is 2.12 bits per heavy atom. The Morgan fingerprint density at radius 3 is 2.76 bits per heavy atom. The lowest BCUT2D eigenvalue weighted by molar-refractivity contribution is 0.421. The zero-order valence-electron chi connectivity index (χ0n) is 10.4. The van der Waals surface area contributed by atoms with Gasteiger partial charge in [0.1, 0.15) is 12.7 Å². The molecule has 1 N–H and O–H groups in total. The van der Waals surface area contributed by atoms with Crippen molar-refractivity contribution in [3.8, 4) is 5.82 Å². The minimum Gasteiger partial charge on any atom is -0.306 e. The van der Waals surface area contributed by atoms with E-state index in [4.69, 9.17) is 0 Å². The summed E-state index contributed by atoms with van der Waals surface area (Å²) in [4.78, 5) is 8.43. The van der Waals surface area contributed by atoms with Crippen LogP contribution in [0.3, 0.4) is 0 Å². The molecule has 90 valence electrons. The molecule has 0 saturated carbocycles. The fourth-order valence-electron chi connectivity index (χ4n) is 1.38. The van der Waals surface area contributed by atoms with Crippen molar-refractivity contribution in [2.24, 2.45) is 0 Å². The molecule has 2 aromatic rings. The first kappa shape index (κ1) is 11.7. The van der Waals surface area contributed by atoms with Crippen molar-refractivity contribution in [3.63, 3.8) is 0 Å². The van der Waals surface area contributed by atoms with Crippen molar-refractivity contribution in [2.45, 2.75) is 32.9 Å². The first-order valence-corrected chi connectivity index (χ1v) is 5.60. The third kappa shape index (κ3) is 3.35. The van der Waals surface area contributed by atoms with Crippen LogP contribution in [0.5, 0.6) is 0 Å². The van der Waals surface area contributed by atoms with Crippen molar-refractivity contribution in [2.75, 3.05) is 0 Å². The van der Waals surface area contributed by atoms with E-state index in [1.54, 1.807) is 11.0 Å². The van der Waals surface area contributed by atoms with Gasteiger partial charge in [-0.25, -0.2) is 14.6 Å². The van der Waals surface area contributed by atoms with E-state index in [0.29, 0.717) is 0 Å². The third-order valence-corrected chi connectivity index (χ3v) is 2.25. The lowest BCUT2D eigenvalue weighted by Gasteiger charge is -2.20. The molecule has 2 heterocycles. The summed E-state index contributed by atoms with van der Waals surface area (Å²) in [5.41, 5.74) is 1.08. The second kappa shape index (κ2) is 4.63. The summed E-state index contributed by atoms with van der Waals surface area (Å²) in [7, 11) is 0. The molecule has 0 radical (unpaired) electrons. The van der Waals surface area contributed by atoms with E-state index < -0.39 is 0 Å². The zero-order chi connectivity index (χ0) is 12.3. The quantitative estimate of drug-likeness (QED) is 0.870. The van der Waals surface area contributed by atoms with Crippen LogP contribution < -0.4 is 5.32 Å². The molecule has 5 nitrogen and oxygen atoms in total. The molecule has 0 spiro atoms. The summed E-state index contributed by atoms with van der Waals surface area (Å²) >= 11 is 0. The van der Waals surface area contributed by atoms with Gasteiger partial charge >= 0.3 is 0 Å². The maximum atomic E-state index is 4.52. The van der Waals surface area contributed by atoms with E-state index in [0.717, 1.165) is 18.1 Å². The molecular weight excluding hydrogens is 214 g/mol. The van der Waals surface area contributed by atoms with Crippen molar-refractivity contribution in [1.82, 2.24) is 25.1 Å². The fourth-order valence-corrected chi connectivity index (χ4v) is 1.38. The van der Waals surface area contributed by atoms with Crippen LogP contribution in [0.1, 0.15) is 26.5 Å². The van der Waals surface area contributed by atoms with E-state index in [9.17, 15) is 0 Å². The average Bonchev–Trinajstić information content (AvgIpc) is 2.79. The van der Waals surface area contributed by atoms with E-state index in [-0.39, 0.29) is 5.54 Å². The van der Waals surface area contributed by atoms with Gasteiger partial charge in [-0.2, -0.15) is 5.10 Å². The van der Waals surface area contributed by atoms with Crippen LogP contribution in [0.15, 0.2) is 30.9 Å². The van der Waals surface area contributed by atoms with Gasteiger partial charge < -0.3 is 5.32 Å². The second-order valence-electron chi connectivity index (χ2n) is 4.93. The lowest BCUT2D eigenvalue weighted by Crippen LogP contribution is -2.35. The number of hydrogen-bond acceptors (Lipinski definition) is 4. The summed E-state index contributed by atoms with van der Waals surface area (Å²) in [6.45, 7) is 7.14. The highest BCUT2D eigenvalue weighted by atomic mass is 15.3. The largest absolute Gasteiger partial charge is 0.306 e. The minimum absolute atomic E-state index is 0.0882. The van der Waals surface area contributed by atoms with Crippen LogP contribution in [-0.4, -0.2) is 25.3 Å². The first-order valence-electron chi connectivity index (χ1n) is 5.60. The average molecular weight is 231 g/mol. The summed E-state index contributed by atoms with van der Waals surface area (Å²) in [5.74, 6) is 0.788. The Bertz CT molecular complexity index is 470. The number of hydrogen-bond donors (Lipinski definition) is 1. The van der Waals surface area contributed by atoms with Gasteiger partial charge in [-0.1, -0.05) is 6.07 Å². The Balaban J connectivity index is 2.12. The molecule has 0 aromatic carbocycles. The smallest absolute Gasteiger partial charge is 0.155 e. The van der Waals surface area contributed by atoms with Crippen molar-refractivity contribution in [1.29, 1.82) is 0 Å². The number of nitrogens with one attached hydrogen (secondary N) is 1. The van der Waals surface area contributed by atoms with Gasteiger partial charge in [-0.05, 0) is 32.9 Å². The van der Waals surface area contributed by atoms with Crippen molar-refractivity contribution >= 4 is 0 Å². The normalized spacial score (nSPS) is 11.7. The molecule has 0 atom stereocenters. The Hall–Kier alpha value is -1.75. The highest BCUT2D eigenvalue weighted by Gasteiger charge is 2.09. The topological polar surface area (TPSA) is 55.6 Å². The molecule has 0 fully saturated rings. The Kier molecular flexibility index (Phi) is 3.19. The van der Waals surface area contributed by atoms with Crippen LogP contribution >= 0.6 is 0 Å². The maximum Gasteiger partial charge on any atom is 0.155 e. The van der Waals surface area contributed by atoms with Gasteiger partial charge in [0.25, 0.3) is 0 Å². The predicted molar refractivity (Wildman–Crippen MR) is 65.7 cm³/mol. The Labute approximate surface area is 101 Å². The van der Waals surface area contributed by atoms with E-state index >= 15 is 0 Å². The van der Waals surface area contributed by atoms with Gasteiger partial charge in [-0.3, -0.25) is 0 Å². The van der Waals surface area contributed by atoms with Gasteiger partial charge in [0.05, 0.1) is 5.69 Å². The Morgan fingerprint density at radius 1 is 1.29 bits per heavy atom. The SMILES string of the molecule is CC(C)(C)NCc1cccc(-n2cncn2)n1. The van der Waals surface area contributed by atoms with Crippen molar-refractivity contribution in [3.05, 3.63) is 36.5 Å². The molecule has 0 aliphatic carbocycles. The number of rotatable bonds is 3. The fraction of sp³-hybridized carbons (Fsp3) is 0.417. The van der Waals surface area contributed by atoms with Gasteiger partial charge in [0.2, 0.25) is 0 Å². The molecule has 17 heavy (non-hydrogen) atoms. The van der Waals surface area contributed by atoms with E-state index in [1.165, 1.54) is 6.33 Å². The van der Waals surface area contributed by atoms with Crippen LogP contribution in [0.2, 0.25) is 0 Å². The molecule has 0 aliphatic heterocycles. The van der Waals surface area contributed by atoms with Crippen LogP contribution in [-0.2, 0) is 6.54 Å². The molecule has 2 rings (SSSR count). The molecule has 0 aliphatic rings. The van der Waals surface area contributed by atoms with Gasteiger partial charge in [-0.15, -0.1) is 0 Å². The number of nitrogens with zero attached hydrogens (tertiary/aromatic N) is 4. The van der Waals surface area contributed by atoms with Gasteiger partial charge in [0.15, 0.2) is 5.82 Å². The second-order valence-corrected chi connectivity index (χ2v) is 4.93. The van der Waals surface area contributed by atoms with Gasteiger partial charge in [0, 0.05) is 12.1 Å². The lowest BCUT2D eigenvalue weighted by atomic mass is 10.1. The summed E-state index contributed by atoms with van der Waals surface area (Å²) in [6.07, 6.45) is 3.14. The van der Waals surface area contributed by atoms with Crippen LogP contribution in [0.4, 0.5) is 0 Å². The van der Waals surface area contributed by atoms with Crippen LogP contribution in [0.25, 0.3) is 5.82 Å². The standard InChI is InChI=1S/C12H17N5/c1-12(2,3)14-7-10-5-4-6-11(16-10)17-9-13-8-15-17/h4-6,8-9,14H,7H2,1-3H3.